The van der Waals surface area contributed by atoms with Crippen LogP contribution in [0.1, 0.15) is 11.3 Å². The molecule has 1 heterocycles. The van der Waals surface area contributed by atoms with Gasteiger partial charge < -0.3 is 5.73 Å². The van der Waals surface area contributed by atoms with Crippen LogP contribution < -0.4 is 5.73 Å². The molecule has 0 bridgehead atoms. The van der Waals surface area contributed by atoms with E-state index < -0.39 is 10.0 Å². The van der Waals surface area contributed by atoms with Crippen molar-refractivity contribution in [3.63, 3.8) is 0 Å². The van der Waals surface area contributed by atoms with E-state index in [4.69, 9.17) is 5.73 Å². The van der Waals surface area contributed by atoms with E-state index in [-0.39, 0.29) is 23.8 Å². The maximum Gasteiger partial charge on any atom is 0.242 e. The summed E-state index contributed by atoms with van der Waals surface area (Å²) >= 11 is 0. The summed E-state index contributed by atoms with van der Waals surface area (Å²) in [5, 5.41) is 7.84. The van der Waals surface area contributed by atoms with Gasteiger partial charge in [-0.25, -0.2) is 21.8 Å². The van der Waals surface area contributed by atoms with Gasteiger partial charge in [0.1, 0.15) is 5.83 Å². The normalized spacial score (nSPS) is 12.8. The average molecular weight is 353 g/mol. The van der Waals surface area contributed by atoms with E-state index in [2.05, 4.69) is 10.3 Å². The molecule has 9 heteroatoms. The molecule has 0 saturated heterocycles. The molecule has 0 radical (unpaired) electrons. The second-order valence-electron chi connectivity index (χ2n) is 5.40. The fourth-order valence-electron chi connectivity index (χ4n) is 2.04. The van der Waals surface area contributed by atoms with Gasteiger partial charge in [0.05, 0.1) is 17.1 Å². The molecular formula is C15H20FN5O2S. The molecule has 2 aromatic rings. The minimum Gasteiger partial charge on any atom is -0.327 e. The minimum atomic E-state index is -3.44. The van der Waals surface area contributed by atoms with Crippen molar-refractivity contribution in [3.05, 3.63) is 53.6 Å². The van der Waals surface area contributed by atoms with Gasteiger partial charge in [0.2, 0.25) is 10.0 Å². The van der Waals surface area contributed by atoms with Crippen molar-refractivity contribution in [2.75, 3.05) is 20.6 Å². The van der Waals surface area contributed by atoms with Crippen LogP contribution in [0.2, 0.25) is 0 Å². The average Bonchev–Trinajstić information content (AvgIpc) is 2.94. The van der Waals surface area contributed by atoms with Gasteiger partial charge in [0.25, 0.3) is 0 Å². The van der Waals surface area contributed by atoms with E-state index in [0.29, 0.717) is 12.1 Å². The maximum atomic E-state index is 13.4. The molecule has 0 aliphatic carbocycles. The molecular weight excluding hydrogens is 333 g/mol. The third kappa shape index (κ3) is 4.47. The van der Waals surface area contributed by atoms with Crippen molar-refractivity contribution in [3.8, 4) is 0 Å². The lowest BCUT2D eigenvalue weighted by molar-refractivity contribution is 0.515. The first-order valence-corrected chi connectivity index (χ1v) is 8.72. The number of allylic oxidation sites excluding steroid dienone is 1. The molecule has 1 aromatic carbocycles. The minimum absolute atomic E-state index is 0.00971. The number of aromatic nitrogens is 3. The molecule has 0 fully saturated rings. The summed E-state index contributed by atoms with van der Waals surface area (Å²) in [6.07, 6.45) is 3.41. The SMILES string of the molecule is CN(C)S(=O)(=O)c1ccc(Cc2cn(C/C(F)=C/CN)nn2)cc1. The Labute approximate surface area is 140 Å². The number of hydrogen-bond acceptors (Lipinski definition) is 5. The summed E-state index contributed by atoms with van der Waals surface area (Å²) < 4.78 is 40.0. The van der Waals surface area contributed by atoms with E-state index in [9.17, 15) is 12.8 Å². The van der Waals surface area contributed by atoms with Crippen molar-refractivity contribution in [1.29, 1.82) is 0 Å². The fourth-order valence-corrected chi connectivity index (χ4v) is 2.94. The van der Waals surface area contributed by atoms with Crippen LogP contribution in [-0.4, -0.2) is 48.4 Å². The predicted octanol–water partition coefficient (Wildman–Crippen LogP) is 0.931. The Morgan fingerprint density at radius 2 is 2.00 bits per heavy atom. The Bertz CT molecular complexity index is 813. The van der Waals surface area contributed by atoms with E-state index in [1.807, 2.05) is 0 Å². The zero-order valence-electron chi connectivity index (χ0n) is 13.6. The van der Waals surface area contributed by atoms with Crippen molar-refractivity contribution >= 4 is 10.0 Å². The second-order valence-corrected chi connectivity index (χ2v) is 7.55. The van der Waals surface area contributed by atoms with Gasteiger partial charge in [-0.2, -0.15) is 0 Å². The number of halogens is 1. The molecule has 24 heavy (non-hydrogen) atoms. The predicted molar refractivity (Wildman–Crippen MR) is 88.4 cm³/mol. The molecule has 0 aliphatic heterocycles. The maximum absolute atomic E-state index is 13.4. The van der Waals surface area contributed by atoms with Crippen LogP contribution in [0.4, 0.5) is 4.39 Å². The second kappa shape index (κ2) is 7.65. The highest BCUT2D eigenvalue weighted by atomic mass is 32.2. The molecule has 0 unspecified atom stereocenters. The number of hydrogen-bond donors (Lipinski definition) is 1. The summed E-state index contributed by atoms with van der Waals surface area (Å²) in [6.45, 7) is 0.125. The Hall–Kier alpha value is -2.10. The Balaban J connectivity index is 2.07. The molecule has 7 nitrogen and oxygen atoms in total. The van der Waals surface area contributed by atoms with Crippen molar-refractivity contribution in [1.82, 2.24) is 19.3 Å². The summed E-state index contributed by atoms with van der Waals surface area (Å²) in [5.74, 6) is -0.368. The van der Waals surface area contributed by atoms with E-state index in [0.717, 1.165) is 9.87 Å². The Morgan fingerprint density at radius 3 is 2.58 bits per heavy atom. The summed E-state index contributed by atoms with van der Waals surface area (Å²) in [4.78, 5) is 0.230. The number of sulfonamides is 1. The number of nitrogens with zero attached hydrogens (tertiary/aromatic N) is 4. The molecule has 2 N–H and O–H groups in total. The highest BCUT2D eigenvalue weighted by molar-refractivity contribution is 7.89. The number of nitrogens with two attached hydrogens (primary N) is 1. The lowest BCUT2D eigenvalue weighted by Crippen LogP contribution is -2.22. The van der Waals surface area contributed by atoms with E-state index >= 15 is 0 Å². The summed E-state index contributed by atoms with van der Waals surface area (Å²) in [6, 6.07) is 6.56. The van der Waals surface area contributed by atoms with Gasteiger partial charge in [-0.05, 0) is 23.8 Å². The van der Waals surface area contributed by atoms with Crippen LogP contribution in [0.3, 0.4) is 0 Å². The zero-order chi connectivity index (χ0) is 17.7. The third-order valence-corrected chi connectivity index (χ3v) is 5.15. The van der Waals surface area contributed by atoms with Gasteiger partial charge in [-0.3, -0.25) is 0 Å². The zero-order valence-corrected chi connectivity index (χ0v) is 14.4. The van der Waals surface area contributed by atoms with Crippen molar-refractivity contribution in [2.45, 2.75) is 17.9 Å². The van der Waals surface area contributed by atoms with E-state index in [1.165, 1.54) is 24.9 Å². The van der Waals surface area contributed by atoms with Crippen LogP contribution in [0.15, 0.2) is 47.3 Å². The van der Waals surface area contributed by atoms with Crippen LogP contribution in [-0.2, 0) is 23.0 Å². The Morgan fingerprint density at radius 1 is 1.33 bits per heavy atom. The van der Waals surface area contributed by atoms with Crippen LogP contribution in [0.25, 0.3) is 0 Å². The highest BCUT2D eigenvalue weighted by Gasteiger charge is 2.16. The number of benzene rings is 1. The van der Waals surface area contributed by atoms with Gasteiger partial charge in [0.15, 0.2) is 0 Å². The van der Waals surface area contributed by atoms with Gasteiger partial charge >= 0.3 is 0 Å². The van der Waals surface area contributed by atoms with Crippen LogP contribution in [0, 0.1) is 0 Å². The first-order chi connectivity index (χ1) is 11.3. The first kappa shape index (κ1) is 18.2. The van der Waals surface area contributed by atoms with E-state index in [1.54, 1.807) is 30.5 Å². The lowest BCUT2D eigenvalue weighted by Gasteiger charge is -2.11. The summed E-state index contributed by atoms with van der Waals surface area (Å²) in [5.41, 5.74) is 6.80. The van der Waals surface area contributed by atoms with Crippen LogP contribution in [0.5, 0.6) is 0 Å². The molecule has 2 rings (SSSR count). The molecule has 0 aliphatic rings. The van der Waals surface area contributed by atoms with Crippen molar-refractivity contribution in [2.24, 2.45) is 5.73 Å². The molecule has 130 valence electrons. The van der Waals surface area contributed by atoms with Gasteiger partial charge in [-0.1, -0.05) is 17.3 Å². The standard InChI is InChI=1S/C15H20FN5O2S/c1-20(2)24(22,23)15-5-3-12(4-6-15)9-14-11-21(19-18-14)10-13(16)7-8-17/h3-7,11H,8-10,17H2,1-2H3/b13-7-. The monoisotopic (exact) mass is 353 g/mol. The smallest absolute Gasteiger partial charge is 0.242 e. The topological polar surface area (TPSA) is 94.1 Å². The highest BCUT2D eigenvalue weighted by Crippen LogP contribution is 2.15. The largest absolute Gasteiger partial charge is 0.327 e. The molecule has 0 saturated carbocycles. The molecule has 0 amide bonds. The fraction of sp³-hybridized carbons (Fsp3) is 0.333. The van der Waals surface area contributed by atoms with Crippen LogP contribution >= 0.6 is 0 Å². The molecule has 1 aromatic heterocycles. The lowest BCUT2D eigenvalue weighted by atomic mass is 10.1. The first-order valence-electron chi connectivity index (χ1n) is 7.28. The van der Waals surface area contributed by atoms with Gasteiger partial charge in [-0.15, -0.1) is 5.10 Å². The number of rotatable bonds is 7. The van der Waals surface area contributed by atoms with Crippen molar-refractivity contribution < 1.29 is 12.8 Å². The molecule has 0 atom stereocenters. The quantitative estimate of drug-likeness (QED) is 0.799. The van der Waals surface area contributed by atoms with Gasteiger partial charge in [0, 0.05) is 33.3 Å². The summed E-state index contributed by atoms with van der Waals surface area (Å²) in [7, 11) is -0.466. The Kier molecular flexibility index (Phi) is 5.81. The third-order valence-electron chi connectivity index (χ3n) is 3.33. The molecule has 0 spiro atoms.